The summed E-state index contributed by atoms with van der Waals surface area (Å²) in [5.74, 6) is 0.198. The van der Waals surface area contributed by atoms with Crippen LogP contribution >= 0.6 is 0 Å². The number of hydrogen-bond donors (Lipinski definition) is 2. The van der Waals surface area contributed by atoms with Gasteiger partial charge in [0.1, 0.15) is 0 Å². The maximum Gasteiger partial charge on any atom is 0.188 e. The van der Waals surface area contributed by atoms with Gasteiger partial charge in [0.2, 0.25) is 0 Å². The summed E-state index contributed by atoms with van der Waals surface area (Å²) in [4.78, 5) is 2.00. The van der Waals surface area contributed by atoms with Gasteiger partial charge >= 0.3 is 0 Å². The van der Waals surface area contributed by atoms with E-state index in [1.165, 1.54) is 12.0 Å². The average Bonchev–Trinajstić information content (AvgIpc) is 2.30. The van der Waals surface area contributed by atoms with Crippen LogP contribution in [0.15, 0.2) is 30.3 Å². The van der Waals surface area contributed by atoms with Crippen LogP contribution in [0.4, 0.5) is 0 Å². The quantitative estimate of drug-likeness (QED) is 0.542. The Balaban J connectivity index is 2.22. The summed E-state index contributed by atoms with van der Waals surface area (Å²) in [6, 6.07) is 10.6. The van der Waals surface area contributed by atoms with Crippen molar-refractivity contribution in [3.63, 3.8) is 0 Å². The molecule has 0 radical (unpaired) electrons. The third-order valence-corrected chi connectivity index (χ3v) is 3.00. The number of benzene rings is 1. The Kier molecular flexibility index (Phi) is 2.90. The molecule has 3 N–H and O–H groups in total. The molecule has 3 nitrogen and oxygen atoms in total. The summed E-state index contributed by atoms with van der Waals surface area (Å²) < 4.78 is 0. The number of nitrogens with zero attached hydrogens (tertiary/aromatic N) is 1. The molecule has 15 heavy (non-hydrogen) atoms. The second kappa shape index (κ2) is 4.34. The van der Waals surface area contributed by atoms with Crippen molar-refractivity contribution in [2.45, 2.75) is 25.3 Å². The lowest BCUT2D eigenvalue weighted by Gasteiger charge is -2.36. The molecule has 0 amide bonds. The van der Waals surface area contributed by atoms with Crippen LogP contribution in [-0.2, 0) is 0 Å². The Hall–Kier alpha value is -1.51. The molecule has 1 aliphatic rings. The van der Waals surface area contributed by atoms with Crippen LogP contribution in [0.5, 0.6) is 0 Å². The van der Waals surface area contributed by atoms with Crippen molar-refractivity contribution in [1.82, 2.24) is 4.90 Å². The molecule has 1 fully saturated rings. The van der Waals surface area contributed by atoms with Crippen LogP contribution in [0.25, 0.3) is 0 Å². The normalized spacial score (nSPS) is 21.3. The van der Waals surface area contributed by atoms with E-state index in [9.17, 15) is 0 Å². The van der Waals surface area contributed by atoms with Crippen molar-refractivity contribution in [1.29, 1.82) is 5.41 Å². The minimum Gasteiger partial charge on any atom is -0.370 e. The Morgan fingerprint density at radius 3 is 2.67 bits per heavy atom. The van der Waals surface area contributed by atoms with Crippen LogP contribution in [0.1, 0.15) is 30.9 Å². The monoisotopic (exact) mass is 203 g/mol. The van der Waals surface area contributed by atoms with Crippen molar-refractivity contribution in [3.05, 3.63) is 35.9 Å². The van der Waals surface area contributed by atoms with E-state index in [2.05, 4.69) is 12.1 Å². The molecular formula is C12H17N3. The Bertz CT molecular complexity index is 334. The van der Waals surface area contributed by atoms with Crippen LogP contribution in [0, 0.1) is 5.41 Å². The number of likely N-dealkylation sites (tertiary alicyclic amines) is 1. The fourth-order valence-electron chi connectivity index (χ4n) is 2.24. The van der Waals surface area contributed by atoms with Crippen molar-refractivity contribution < 1.29 is 0 Å². The van der Waals surface area contributed by atoms with Crippen LogP contribution in [-0.4, -0.2) is 17.4 Å². The number of rotatable bonds is 1. The SMILES string of the molecule is N=C(N)N1CCCCC1c1ccccc1. The van der Waals surface area contributed by atoms with Gasteiger partial charge < -0.3 is 10.6 Å². The minimum absolute atomic E-state index is 0.198. The number of nitrogens with one attached hydrogen (secondary N) is 1. The number of hydrogen-bond acceptors (Lipinski definition) is 1. The summed E-state index contributed by atoms with van der Waals surface area (Å²) in [5, 5.41) is 7.57. The Morgan fingerprint density at radius 2 is 2.00 bits per heavy atom. The maximum absolute atomic E-state index is 7.57. The highest BCUT2D eigenvalue weighted by Gasteiger charge is 2.24. The molecule has 80 valence electrons. The lowest BCUT2D eigenvalue weighted by atomic mass is 9.96. The highest BCUT2D eigenvalue weighted by molar-refractivity contribution is 5.75. The van der Waals surface area contributed by atoms with E-state index in [-0.39, 0.29) is 5.96 Å². The third kappa shape index (κ3) is 2.12. The molecule has 2 rings (SSSR count). The van der Waals surface area contributed by atoms with E-state index in [1.54, 1.807) is 0 Å². The summed E-state index contributed by atoms with van der Waals surface area (Å²) >= 11 is 0. The molecule has 1 heterocycles. The van der Waals surface area contributed by atoms with Gasteiger partial charge in [-0.05, 0) is 24.8 Å². The predicted octanol–water partition coefficient (Wildman–Crippen LogP) is 2.11. The Labute approximate surface area is 90.4 Å². The molecular weight excluding hydrogens is 186 g/mol. The summed E-state index contributed by atoms with van der Waals surface area (Å²) in [6.45, 7) is 0.912. The molecule has 0 bridgehead atoms. The number of guanidine groups is 1. The van der Waals surface area contributed by atoms with E-state index in [4.69, 9.17) is 11.1 Å². The highest BCUT2D eigenvalue weighted by atomic mass is 15.3. The first-order valence-corrected chi connectivity index (χ1v) is 5.44. The molecule has 3 heteroatoms. The fourth-order valence-corrected chi connectivity index (χ4v) is 2.24. The van der Waals surface area contributed by atoms with Crippen molar-refractivity contribution in [2.75, 3.05) is 6.54 Å². The summed E-state index contributed by atoms with van der Waals surface area (Å²) in [7, 11) is 0. The third-order valence-electron chi connectivity index (χ3n) is 3.00. The zero-order valence-electron chi connectivity index (χ0n) is 8.82. The standard InChI is InChI=1S/C12H17N3/c13-12(14)15-9-5-4-8-11(15)10-6-2-1-3-7-10/h1-3,6-7,11H,4-5,8-9H2,(H3,13,14). The van der Waals surface area contributed by atoms with E-state index >= 15 is 0 Å². The molecule has 0 spiro atoms. The zero-order chi connectivity index (χ0) is 10.7. The summed E-state index contributed by atoms with van der Waals surface area (Å²) in [6.07, 6.45) is 3.47. The van der Waals surface area contributed by atoms with Crippen molar-refractivity contribution in [3.8, 4) is 0 Å². The smallest absolute Gasteiger partial charge is 0.188 e. The first kappa shape index (κ1) is 10.0. The van der Waals surface area contributed by atoms with Gasteiger partial charge in [0.15, 0.2) is 5.96 Å². The van der Waals surface area contributed by atoms with Crippen molar-refractivity contribution in [2.24, 2.45) is 5.73 Å². The topological polar surface area (TPSA) is 53.1 Å². The van der Waals surface area contributed by atoms with Gasteiger partial charge in [0.05, 0.1) is 6.04 Å². The molecule has 0 aliphatic carbocycles. The van der Waals surface area contributed by atoms with Gasteiger partial charge in [-0.1, -0.05) is 30.3 Å². The number of piperidine rings is 1. The second-order valence-corrected chi connectivity index (χ2v) is 4.00. The first-order chi connectivity index (χ1) is 7.29. The molecule has 1 unspecified atom stereocenters. The van der Waals surface area contributed by atoms with Gasteiger partial charge in [-0.25, -0.2) is 0 Å². The van der Waals surface area contributed by atoms with E-state index < -0.39 is 0 Å². The van der Waals surface area contributed by atoms with Crippen LogP contribution in [0.2, 0.25) is 0 Å². The van der Waals surface area contributed by atoms with Crippen molar-refractivity contribution >= 4 is 5.96 Å². The zero-order valence-corrected chi connectivity index (χ0v) is 8.82. The van der Waals surface area contributed by atoms with E-state index in [0.717, 1.165) is 19.4 Å². The molecule has 0 aromatic heterocycles. The minimum atomic E-state index is 0.198. The molecule has 1 aromatic carbocycles. The molecule has 0 saturated carbocycles. The lowest BCUT2D eigenvalue weighted by molar-refractivity contribution is 0.241. The molecule has 1 atom stereocenters. The maximum atomic E-state index is 7.57. The first-order valence-electron chi connectivity index (χ1n) is 5.44. The highest BCUT2D eigenvalue weighted by Crippen LogP contribution is 2.29. The fraction of sp³-hybridized carbons (Fsp3) is 0.417. The predicted molar refractivity (Wildman–Crippen MR) is 61.7 cm³/mol. The van der Waals surface area contributed by atoms with Gasteiger partial charge in [-0.2, -0.15) is 0 Å². The van der Waals surface area contributed by atoms with Crippen LogP contribution in [0.3, 0.4) is 0 Å². The van der Waals surface area contributed by atoms with Crippen LogP contribution < -0.4 is 5.73 Å². The average molecular weight is 203 g/mol. The molecule has 1 aromatic rings. The largest absolute Gasteiger partial charge is 0.370 e. The molecule has 1 aliphatic heterocycles. The van der Waals surface area contributed by atoms with Gasteiger partial charge in [0, 0.05) is 6.54 Å². The Morgan fingerprint density at radius 1 is 1.27 bits per heavy atom. The summed E-state index contributed by atoms with van der Waals surface area (Å²) in [5.41, 5.74) is 6.87. The van der Waals surface area contributed by atoms with Gasteiger partial charge in [-0.3, -0.25) is 5.41 Å². The number of nitrogens with two attached hydrogens (primary N) is 1. The second-order valence-electron chi connectivity index (χ2n) is 4.00. The van der Waals surface area contributed by atoms with E-state index in [1.807, 2.05) is 23.1 Å². The van der Waals surface area contributed by atoms with Gasteiger partial charge in [0.25, 0.3) is 0 Å². The van der Waals surface area contributed by atoms with E-state index in [0.29, 0.717) is 6.04 Å². The van der Waals surface area contributed by atoms with Gasteiger partial charge in [-0.15, -0.1) is 0 Å². The molecule has 1 saturated heterocycles. The lowest BCUT2D eigenvalue weighted by Crippen LogP contribution is -2.42.